The highest BCUT2D eigenvalue weighted by atomic mass is 35.5. The van der Waals surface area contributed by atoms with Crippen molar-refractivity contribution in [1.82, 2.24) is 0 Å². The first-order valence-electron chi connectivity index (χ1n) is 5.56. The monoisotopic (exact) mass is 226 g/mol. The maximum absolute atomic E-state index is 5.88. The number of halogens is 1. The highest BCUT2D eigenvalue weighted by molar-refractivity contribution is 6.30. The first-order chi connectivity index (χ1) is 7.17. The fourth-order valence-electron chi connectivity index (χ4n) is 1.51. The van der Waals surface area contributed by atoms with Crippen molar-refractivity contribution in [2.45, 2.75) is 33.6 Å². The summed E-state index contributed by atoms with van der Waals surface area (Å²) >= 11 is 5.88. The zero-order chi connectivity index (χ0) is 11.3. The molecule has 0 aliphatic rings. The van der Waals surface area contributed by atoms with Crippen LogP contribution in [0.25, 0.3) is 0 Å². The molecule has 1 aromatic rings. The molecule has 0 atom stereocenters. The van der Waals surface area contributed by atoms with Gasteiger partial charge in [0, 0.05) is 5.02 Å². The van der Waals surface area contributed by atoms with Crippen LogP contribution >= 0.6 is 11.6 Å². The van der Waals surface area contributed by atoms with E-state index in [1.54, 1.807) is 0 Å². The summed E-state index contributed by atoms with van der Waals surface area (Å²) in [5.74, 6) is 1.60. The molecule has 0 amide bonds. The van der Waals surface area contributed by atoms with Crippen molar-refractivity contribution in [3.63, 3.8) is 0 Å². The van der Waals surface area contributed by atoms with Crippen LogP contribution in [0.2, 0.25) is 5.02 Å². The van der Waals surface area contributed by atoms with Crippen molar-refractivity contribution < 1.29 is 4.74 Å². The van der Waals surface area contributed by atoms with Gasteiger partial charge >= 0.3 is 0 Å². The normalized spacial score (nSPS) is 10.7. The Morgan fingerprint density at radius 3 is 2.47 bits per heavy atom. The van der Waals surface area contributed by atoms with E-state index in [-0.39, 0.29) is 0 Å². The van der Waals surface area contributed by atoms with E-state index < -0.39 is 0 Å². The lowest BCUT2D eigenvalue weighted by Crippen LogP contribution is -2.10. The molecule has 1 rings (SSSR count). The second-order valence-electron chi connectivity index (χ2n) is 3.90. The van der Waals surface area contributed by atoms with Gasteiger partial charge in [0.1, 0.15) is 5.75 Å². The van der Waals surface area contributed by atoms with E-state index in [9.17, 15) is 0 Å². The van der Waals surface area contributed by atoms with Crippen molar-refractivity contribution >= 4 is 11.6 Å². The standard InChI is InChI=1S/C13H19ClO/c1-4-11(5-2)9-15-13-7-6-12(14)8-10(13)3/h6-8,11H,4-5,9H2,1-3H3. The first kappa shape index (κ1) is 12.4. The molecule has 0 unspecified atom stereocenters. The van der Waals surface area contributed by atoms with E-state index in [1.165, 1.54) is 12.8 Å². The van der Waals surface area contributed by atoms with Crippen LogP contribution in [0.3, 0.4) is 0 Å². The Kier molecular flexibility index (Phi) is 4.97. The van der Waals surface area contributed by atoms with Crippen LogP contribution in [0.1, 0.15) is 32.3 Å². The van der Waals surface area contributed by atoms with Gasteiger partial charge in [-0.15, -0.1) is 0 Å². The van der Waals surface area contributed by atoms with E-state index in [4.69, 9.17) is 16.3 Å². The van der Waals surface area contributed by atoms with Crippen molar-refractivity contribution in [2.75, 3.05) is 6.61 Å². The molecule has 0 N–H and O–H groups in total. The van der Waals surface area contributed by atoms with E-state index in [1.807, 2.05) is 25.1 Å². The van der Waals surface area contributed by atoms with Crippen LogP contribution in [0, 0.1) is 12.8 Å². The van der Waals surface area contributed by atoms with E-state index in [2.05, 4.69) is 13.8 Å². The summed E-state index contributed by atoms with van der Waals surface area (Å²) in [5.41, 5.74) is 1.11. The lowest BCUT2D eigenvalue weighted by Gasteiger charge is -2.15. The number of hydrogen-bond acceptors (Lipinski definition) is 1. The van der Waals surface area contributed by atoms with Gasteiger partial charge in [0.25, 0.3) is 0 Å². The largest absolute Gasteiger partial charge is 0.493 e. The molecule has 0 saturated carbocycles. The molecule has 0 bridgehead atoms. The minimum atomic E-state index is 0.653. The summed E-state index contributed by atoms with van der Waals surface area (Å²) in [4.78, 5) is 0. The molecule has 0 aliphatic heterocycles. The first-order valence-corrected chi connectivity index (χ1v) is 5.94. The molecule has 0 spiro atoms. The molecule has 2 heteroatoms. The molecule has 0 fully saturated rings. The van der Waals surface area contributed by atoms with Gasteiger partial charge in [0.15, 0.2) is 0 Å². The molecule has 0 aromatic heterocycles. The van der Waals surface area contributed by atoms with Gasteiger partial charge in [-0.05, 0) is 36.6 Å². The van der Waals surface area contributed by atoms with Gasteiger partial charge in [-0.3, -0.25) is 0 Å². The van der Waals surface area contributed by atoms with Crippen LogP contribution in [0.4, 0.5) is 0 Å². The smallest absolute Gasteiger partial charge is 0.122 e. The quantitative estimate of drug-likeness (QED) is 0.720. The Morgan fingerprint density at radius 1 is 1.27 bits per heavy atom. The van der Waals surface area contributed by atoms with Gasteiger partial charge < -0.3 is 4.74 Å². The highest BCUT2D eigenvalue weighted by Crippen LogP contribution is 2.22. The van der Waals surface area contributed by atoms with Gasteiger partial charge in [0.05, 0.1) is 6.61 Å². The maximum atomic E-state index is 5.88. The van der Waals surface area contributed by atoms with Gasteiger partial charge in [0.2, 0.25) is 0 Å². The topological polar surface area (TPSA) is 9.23 Å². The predicted octanol–water partition coefficient (Wildman–Crippen LogP) is 4.46. The third kappa shape index (κ3) is 3.75. The Bertz CT molecular complexity index is 305. The Labute approximate surface area is 97.4 Å². The summed E-state index contributed by atoms with van der Waals surface area (Å²) in [6.45, 7) is 7.22. The summed E-state index contributed by atoms with van der Waals surface area (Å²) in [6, 6.07) is 5.75. The van der Waals surface area contributed by atoms with Gasteiger partial charge in [-0.25, -0.2) is 0 Å². The molecule has 1 nitrogen and oxygen atoms in total. The minimum Gasteiger partial charge on any atom is -0.493 e. The molecule has 0 aliphatic carbocycles. The van der Waals surface area contributed by atoms with Crippen LogP contribution in [-0.2, 0) is 0 Å². The number of benzene rings is 1. The SMILES string of the molecule is CCC(CC)COc1ccc(Cl)cc1C. The molecule has 0 heterocycles. The molecular formula is C13H19ClO. The zero-order valence-corrected chi connectivity index (χ0v) is 10.5. The average molecular weight is 227 g/mol. The van der Waals surface area contributed by atoms with Crippen LogP contribution in [0.5, 0.6) is 5.75 Å². The van der Waals surface area contributed by atoms with Crippen molar-refractivity contribution in [3.05, 3.63) is 28.8 Å². The van der Waals surface area contributed by atoms with Crippen LogP contribution in [0.15, 0.2) is 18.2 Å². The number of aryl methyl sites for hydroxylation is 1. The van der Waals surface area contributed by atoms with Crippen molar-refractivity contribution in [3.8, 4) is 5.75 Å². The Balaban J connectivity index is 2.57. The molecular weight excluding hydrogens is 208 g/mol. The number of hydrogen-bond donors (Lipinski definition) is 0. The third-order valence-corrected chi connectivity index (χ3v) is 3.00. The predicted molar refractivity (Wildman–Crippen MR) is 65.8 cm³/mol. The summed E-state index contributed by atoms with van der Waals surface area (Å²) in [7, 11) is 0. The third-order valence-electron chi connectivity index (χ3n) is 2.77. The van der Waals surface area contributed by atoms with Crippen LogP contribution < -0.4 is 4.74 Å². The fourth-order valence-corrected chi connectivity index (χ4v) is 1.73. The average Bonchev–Trinajstić information content (AvgIpc) is 2.22. The number of ether oxygens (including phenoxy) is 1. The second kappa shape index (κ2) is 6.02. The summed E-state index contributed by atoms with van der Waals surface area (Å²) in [5, 5.41) is 0.766. The second-order valence-corrected chi connectivity index (χ2v) is 4.34. The Morgan fingerprint density at radius 2 is 1.93 bits per heavy atom. The highest BCUT2D eigenvalue weighted by Gasteiger charge is 2.06. The van der Waals surface area contributed by atoms with Gasteiger partial charge in [-0.2, -0.15) is 0 Å². The van der Waals surface area contributed by atoms with Crippen LogP contribution in [-0.4, -0.2) is 6.61 Å². The Hall–Kier alpha value is -0.690. The van der Waals surface area contributed by atoms with Crippen molar-refractivity contribution in [2.24, 2.45) is 5.92 Å². The van der Waals surface area contributed by atoms with E-state index in [0.29, 0.717) is 5.92 Å². The molecule has 84 valence electrons. The fraction of sp³-hybridized carbons (Fsp3) is 0.538. The molecule has 15 heavy (non-hydrogen) atoms. The summed E-state index contributed by atoms with van der Waals surface area (Å²) in [6.07, 6.45) is 2.34. The summed E-state index contributed by atoms with van der Waals surface area (Å²) < 4.78 is 5.78. The molecule has 0 radical (unpaired) electrons. The van der Waals surface area contributed by atoms with Crippen molar-refractivity contribution in [1.29, 1.82) is 0 Å². The lowest BCUT2D eigenvalue weighted by molar-refractivity contribution is 0.239. The maximum Gasteiger partial charge on any atom is 0.122 e. The molecule has 1 aromatic carbocycles. The van der Waals surface area contributed by atoms with E-state index >= 15 is 0 Å². The molecule has 0 saturated heterocycles. The van der Waals surface area contributed by atoms with E-state index in [0.717, 1.165) is 22.9 Å². The van der Waals surface area contributed by atoms with Gasteiger partial charge in [-0.1, -0.05) is 38.3 Å². The zero-order valence-electron chi connectivity index (χ0n) is 9.72. The number of rotatable bonds is 5. The lowest BCUT2D eigenvalue weighted by atomic mass is 10.1. The minimum absolute atomic E-state index is 0.653.